The van der Waals surface area contributed by atoms with Crippen molar-refractivity contribution >= 4 is 17.5 Å². The van der Waals surface area contributed by atoms with Crippen molar-refractivity contribution in [2.45, 2.75) is 19.8 Å². The van der Waals surface area contributed by atoms with Gasteiger partial charge in [0.1, 0.15) is 0 Å². The molecule has 0 N–H and O–H groups in total. The van der Waals surface area contributed by atoms with Gasteiger partial charge in [0.15, 0.2) is 0 Å². The van der Waals surface area contributed by atoms with Crippen LogP contribution in [0.4, 0.5) is 0 Å². The van der Waals surface area contributed by atoms with Gasteiger partial charge in [0.25, 0.3) is 0 Å². The van der Waals surface area contributed by atoms with Gasteiger partial charge in [-0.05, 0) is 23.6 Å². The van der Waals surface area contributed by atoms with Crippen LogP contribution in [0.1, 0.15) is 25.3 Å². The van der Waals surface area contributed by atoms with E-state index in [1.165, 1.54) is 0 Å². The third-order valence-corrected chi connectivity index (χ3v) is 3.79. The first-order valence-electron chi connectivity index (χ1n) is 6.46. The number of halogens is 1. The van der Waals surface area contributed by atoms with Crippen molar-refractivity contribution < 1.29 is 4.79 Å². The fraction of sp³-hybridized carbons (Fsp3) is 0.467. The number of amides is 1. The van der Waals surface area contributed by atoms with Gasteiger partial charge in [-0.1, -0.05) is 37.6 Å². The Hall–Kier alpha value is -1.53. The van der Waals surface area contributed by atoms with E-state index in [4.69, 9.17) is 16.9 Å². The molecular weight excluding hydrogens is 260 g/mol. The molecule has 2 rings (SSSR count). The molecule has 1 heterocycles. The zero-order valence-electron chi connectivity index (χ0n) is 11.1. The second-order valence-corrected chi connectivity index (χ2v) is 5.78. The summed E-state index contributed by atoms with van der Waals surface area (Å²) in [6.07, 6.45) is 0. The molecule has 100 valence electrons. The van der Waals surface area contributed by atoms with E-state index in [0.717, 1.165) is 5.56 Å². The van der Waals surface area contributed by atoms with Crippen molar-refractivity contribution in [1.82, 2.24) is 4.90 Å². The average Bonchev–Trinajstić information content (AvgIpc) is 2.30. The molecule has 0 aromatic heterocycles. The number of hydrogen-bond acceptors (Lipinski definition) is 2. The first kappa shape index (κ1) is 13.9. The lowest BCUT2D eigenvalue weighted by Crippen LogP contribution is -2.51. The monoisotopic (exact) mass is 276 g/mol. The Balaban J connectivity index is 2.15. The van der Waals surface area contributed by atoms with E-state index < -0.39 is 0 Å². The van der Waals surface area contributed by atoms with E-state index in [-0.39, 0.29) is 23.7 Å². The highest BCUT2D eigenvalue weighted by atomic mass is 35.5. The number of hydrogen-bond donors (Lipinski definition) is 0. The maximum absolute atomic E-state index is 12.5. The van der Waals surface area contributed by atoms with E-state index in [1.807, 2.05) is 38.1 Å². The number of likely N-dealkylation sites (tertiary alicyclic amines) is 1. The maximum atomic E-state index is 12.5. The van der Waals surface area contributed by atoms with Gasteiger partial charge < -0.3 is 4.90 Å². The lowest BCUT2D eigenvalue weighted by molar-refractivity contribution is -0.139. The number of carbonyl (C=O) groups is 1. The molecule has 1 aromatic carbocycles. The molecule has 1 aliphatic heterocycles. The molecule has 3 nitrogen and oxygen atoms in total. The smallest absolute Gasteiger partial charge is 0.230 e. The zero-order valence-corrected chi connectivity index (χ0v) is 11.9. The van der Waals surface area contributed by atoms with E-state index >= 15 is 0 Å². The highest BCUT2D eigenvalue weighted by molar-refractivity contribution is 6.30. The fourth-order valence-corrected chi connectivity index (χ4v) is 2.55. The van der Waals surface area contributed by atoms with Crippen LogP contribution >= 0.6 is 11.6 Å². The highest BCUT2D eigenvalue weighted by Crippen LogP contribution is 2.30. The molecule has 0 radical (unpaired) electrons. The fourth-order valence-electron chi connectivity index (χ4n) is 2.42. The van der Waals surface area contributed by atoms with Crippen molar-refractivity contribution in [2.75, 3.05) is 13.1 Å². The molecule has 0 aliphatic carbocycles. The molecule has 0 bridgehead atoms. The summed E-state index contributed by atoms with van der Waals surface area (Å²) in [6.45, 7) is 5.20. The lowest BCUT2D eigenvalue weighted by Gasteiger charge is -2.38. The van der Waals surface area contributed by atoms with E-state index in [2.05, 4.69) is 6.07 Å². The molecule has 1 fully saturated rings. The van der Waals surface area contributed by atoms with Gasteiger partial charge in [-0.3, -0.25) is 4.79 Å². The van der Waals surface area contributed by atoms with Gasteiger partial charge in [-0.2, -0.15) is 5.26 Å². The van der Waals surface area contributed by atoms with Crippen LogP contribution in [-0.4, -0.2) is 23.9 Å². The Morgan fingerprint density at radius 2 is 1.95 bits per heavy atom. The SMILES string of the molecule is CC(C)C(C(=O)N1CC(C#N)C1)c1ccc(Cl)cc1. The summed E-state index contributed by atoms with van der Waals surface area (Å²) in [5, 5.41) is 9.45. The third-order valence-electron chi connectivity index (χ3n) is 3.54. The van der Waals surface area contributed by atoms with Crippen molar-refractivity contribution in [1.29, 1.82) is 5.26 Å². The molecule has 1 aromatic rings. The molecule has 0 saturated carbocycles. The molecule has 1 atom stereocenters. The van der Waals surface area contributed by atoms with Crippen LogP contribution in [0, 0.1) is 23.2 Å². The van der Waals surface area contributed by atoms with Crippen molar-refractivity contribution in [2.24, 2.45) is 11.8 Å². The zero-order chi connectivity index (χ0) is 14.0. The average molecular weight is 277 g/mol. The maximum Gasteiger partial charge on any atom is 0.230 e. The van der Waals surface area contributed by atoms with Gasteiger partial charge in [-0.15, -0.1) is 0 Å². The van der Waals surface area contributed by atoms with Crippen molar-refractivity contribution in [3.8, 4) is 6.07 Å². The van der Waals surface area contributed by atoms with Crippen LogP contribution in [0.5, 0.6) is 0 Å². The summed E-state index contributed by atoms with van der Waals surface area (Å²) in [5.41, 5.74) is 0.991. The van der Waals surface area contributed by atoms with E-state index in [1.54, 1.807) is 4.90 Å². The normalized spacial score (nSPS) is 16.9. The summed E-state index contributed by atoms with van der Waals surface area (Å²) >= 11 is 5.88. The quantitative estimate of drug-likeness (QED) is 0.852. The second kappa shape index (κ2) is 5.63. The van der Waals surface area contributed by atoms with Crippen LogP contribution in [0.25, 0.3) is 0 Å². The Morgan fingerprint density at radius 1 is 1.37 bits per heavy atom. The third kappa shape index (κ3) is 2.90. The largest absolute Gasteiger partial charge is 0.339 e. The predicted octanol–water partition coefficient (Wildman–Crippen LogP) is 3.06. The summed E-state index contributed by atoms with van der Waals surface area (Å²) in [4.78, 5) is 14.3. The Morgan fingerprint density at radius 3 is 2.42 bits per heavy atom. The molecule has 1 aliphatic rings. The Labute approximate surface area is 118 Å². The molecule has 1 unspecified atom stereocenters. The number of benzene rings is 1. The van der Waals surface area contributed by atoms with E-state index in [0.29, 0.717) is 18.1 Å². The minimum Gasteiger partial charge on any atom is -0.339 e. The topological polar surface area (TPSA) is 44.1 Å². The molecule has 0 spiro atoms. The predicted molar refractivity (Wildman–Crippen MR) is 74.7 cm³/mol. The number of rotatable bonds is 3. The lowest BCUT2D eigenvalue weighted by atomic mass is 9.85. The van der Waals surface area contributed by atoms with Gasteiger partial charge in [-0.25, -0.2) is 0 Å². The number of nitrogens with zero attached hydrogens (tertiary/aromatic N) is 2. The molecule has 1 saturated heterocycles. The molecule has 4 heteroatoms. The standard InChI is InChI=1S/C15H17ClN2O/c1-10(2)14(12-3-5-13(16)6-4-12)15(19)18-8-11(7-17)9-18/h3-6,10-11,14H,8-9H2,1-2H3. The summed E-state index contributed by atoms with van der Waals surface area (Å²) in [5.74, 6) is 0.178. The van der Waals surface area contributed by atoms with Crippen molar-refractivity contribution in [3.63, 3.8) is 0 Å². The van der Waals surface area contributed by atoms with Crippen LogP contribution in [-0.2, 0) is 4.79 Å². The van der Waals surface area contributed by atoms with Crippen LogP contribution in [0.2, 0.25) is 5.02 Å². The van der Waals surface area contributed by atoms with Gasteiger partial charge in [0.2, 0.25) is 5.91 Å². The Kier molecular flexibility index (Phi) is 4.11. The van der Waals surface area contributed by atoms with Crippen LogP contribution in [0.15, 0.2) is 24.3 Å². The van der Waals surface area contributed by atoms with Gasteiger partial charge in [0.05, 0.1) is 17.9 Å². The van der Waals surface area contributed by atoms with Crippen molar-refractivity contribution in [3.05, 3.63) is 34.9 Å². The molecular formula is C15H17ClN2O. The Bertz CT molecular complexity index is 498. The first-order chi connectivity index (χ1) is 9.02. The van der Waals surface area contributed by atoms with Crippen LogP contribution < -0.4 is 0 Å². The summed E-state index contributed by atoms with van der Waals surface area (Å²) < 4.78 is 0. The minimum atomic E-state index is -0.156. The minimum absolute atomic E-state index is 0.00183. The molecule has 19 heavy (non-hydrogen) atoms. The van der Waals surface area contributed by atoms with Gasteiger partial charge >= 0.3 is 0 Å². The second-order valence-electron chi connectivity index (χ2n) is 5.34. The van der Waals surface area contributed by atoms with Crippen LogP contribution in [0.3, 0.4) is 0 Å². The highest BCUT2D eigenvalue weighted by Gasteiger charge is 2.36. The molecule has 1 amide bonds. The summed E-state index contributed by atoms with van der Waals surface area (Å²) in [6, 6.07) is 9.64. The number of carbonyl (C=O) groups excluding carboxylic acids is 1. The van der Waals surface area contributed by atoms with E-state index in [9.17, 15) is 4.79 Å². The summed E-state index contributed by atoms with van der Waals surface area (Å²) in [7, 11) is 0. The first-order valence-corrected chi connectivity index (χ1v) is 6.84. The number of nitriles is 1. The van der Waals surface area contributed by atoms with Gasteiger partial charge in [0, 0.05) is 18.1 Å².